The fourth-order valence-corrected chi connectivity index (χ4v) is 2.62. The van der Waals surface area contributed by atoms with E-state index in [1.165, 1.54) is 44.6 Å². The van der Waals surface area contributed by atoms with Crippen molar-refractivity contribution < 1.29 is 14.5 Å². The van der Waals surface area contributed by atoms with E-state index in [9.17, 15) is 14.9 Å². The van der Waals surface area contributed by atoms with E-state index in [4.69, 9.17) is 4.74 Å². The first-order chi connectivity index (χ1) is 11.6. The van der Waals surface area contributed by atoms with Crippen molar-refractivity contribution in [2.75, 3.05) is 0 Å². The molecule has 0 saturated heterocycles. The van der Waals surface area contributed by atoms with Gasteiger partial charge in [0.25, 0.3) is 5.69 Å². The van der Waals surface area contributed by atoms with Crippen LogP contribution in [0.25, 0.3) is 0 Å². The fraction of sp³-hybridized carbons (Fsp3) is 0.632. The van der Waals surface area contributed by atoms with Gasteiger partial charge in [0.1, 0.15) is 6.61 Å². The molecule has 0 aromatic heterocycles. The first-order valence-electron chi connectivity index (χ1n) is 9.03. The molecule has 0 heterocycles. The molecule has 134 valence electrons. The summed E-state index contributed by atoms with van der Waals surface area (Å²) in [7, 11) is 0. The van der Waals surface area contributed by atoms with E-state index < -0.39 is 4.92 Å². The molecular weight excluding hydrogens is 306 g/mol. The van der Waals surface area contributed by atoms with Crippen LogP contribution in [0.15, 0.2) is 24.3 Å². The van der Waals surface area contributed by atoms with Crippen LogP contribution in [0, 0.1) is 10.1 Å². The largest absolute Gasteiger partial charge is 0.461 e. The lowest BCUT2D eigenvalue weighted by Gasteiger charge is -2.06. The second-order valence-electron chi connectivity index (χ2n) is 6.12. The number of para-hydroxylation sites is 1. The third-order valence-corrected chi connectivity index (χ3v) is 4.06. The molecule has 1 aromatic carbocycles. The molecule has 0 saturated carbocycles. The van der Waals surface area contributed by atoms with Crippen molar-refractivity contribution in [2.24, 2.45) is 0 Å². The van der Waals surface area contributed by atoms with Crippen LogP contribution in [0.1, 0.15) is 76.7 Å². The molecule has 1 rings (SSSR count). The summed E-state index contributed by atoms with van der Waals surface area (Å²) in [6.45, 7) is 2.18. The van der Waals surface area contributed by atoms with Gasteiger partial charge in [-0.05, 0) is 12.5 Å². The van der Waals surface area contributed by atoms with Gasteiger partial charge in [-0.2, -0.15) is 0 Å². The van der Waals surface area contributed by atoms with Crippen molar-refractivity contribution in [3.05, 3.63) is 39.9 Å². The van der Waals surface area contributed by atoms with Gasteiger partial charge in [-0.1, -0.05) is 70.4 Å². The maximum Gasteiger partial charge on any atom is 0.306 e. The van der Waals surface area contributed by atoms with Gasteiger partial charge >= 0.3 is 5.97 Å². The molecule has 0 aliphatic carbocycles. The molecule has 0 N–H and O–H groups in total. The average Bonchev–Trinajstić information content (AvgIpc) is 2.58. The average molecular weight is 335 g/mol. The summed E-state index contributed by atoms with van der Waals surface area (Å²) in [5.74, 6) is -0.281. The number of ether oxygens (including phenoxy) is 1. The lowest BCUT2D eigenvalue weighted by atomic mass is 10.1. The maximum absolute atomic E-state index is 11.7. The molecule has 5 nitrogen and oxygen atoms in total. The number of nitrogens with zero attached hydrogens (tertiary/aromatic N) is 1. The lowest BCUT2D eigenvalue weighted by molar-refractivity contribution is -0.385. The van der Waals surface area contributed by atoms with Crippen molar-refractivity contribution in [3.8, 4) is 0 Å². The van der Waals surface area contributed by atoms with Crippen LogP contribution in [0.3, 0.4) is 0 Å². The number of unbranched alkanes of at least 4 members (excludes halogenated alkanes) is 8. The first kappa shape index (κ1) is 20.1. The molecule has 0 aliphatic heterocycles. The Morgan fingerprint density at radius 2 is 1.58 bits per heavy atom. The molecule has 0 radical (unpaired) electrons. The second kappa shape index (κ2) is 12.5. The summed E-state index contributed by atoms with van der Waals surface area (Å²) in [4.78, 5) is 22.1. The lowest BCUT2D eigenvalue weighted by Crippen LogP contribution is -2.06. The molecule has 1 aromatic rings. The van der Waals surface area contributed by atoms with Gasteiger partial charge in [0.2, 0.25) is 0 Å². The van der Waals surface area contributed by atoms with E-state index in [0.717, 1.165) is 19.3 Å². The Bertz CT molecular complexity index is 502. The minimum atomic E-state index is -0.455. The number of benzene rings is 1. The summed E-state index contributed by atoms with van der Waals surface area (Å²) in [6.07, 6.45) is 11.1. The van der Waals surface area contributed by atoms with Crippen LogP contribution in [0.2, 0.25) is 0 Å². The van der Waals surface area contributed by atoms with Gasteiger partial charge in [0.05, 0.1) is 10.5 Å². The van der Waals surface area contributed by atoms with Crippen LogP contribution in [-0.4, -0.2) is 10.9 Å². The molecule has 0 fully saturated rings. The number of esters is 1. The first-order valence-corrected chi connectivity index (χ1v) is 9.03. The summed E-state index contributed by atoms with van der Waals surface area (Å²) >= 11 is 0. The molecule has 0 spiro atoms. The normalized spacial score (nSPS) is 10.5. The zero-order chi connectivity index (χ0) is 17.6. The van der Waals surface area contributed by atoms with E-state index in [2.05, 4.69) is 6.92 Å². The Kier molecular flexibility index (Phi) is 10.5. The van der Waals surface area contributed by atoms with Gasteiger partial charge < -0.3 is 4.74 Å². The zero-order valence-corrected chi connectivity index (χ0v) is 14.7. The van der Waals surface area contributed by atoms with Crippen LogP contribution >= 0.6 is 0 Å². The van der Waals surface area contributed by atoms with Crippen molar-refractivity contribution in [2.45, 2.75) is 77.7 Å². The third kappa shape index (κ3) is 8.65. The Morgan fingerprint density at radius 1 is 1.00 bits per heavy atom. The number of nitro groups is 1. The molecule has 24 heavy (non-hydrogen) atoms. The van der Waals surface area contributed by atoms with Crippen molar-refractivity contribution in [3.63, 3.8) is 0 Å². The van der Waals surface area contributed by atoms with Crippen LogP contribution in [0.5, 0.6) is 0 Å². The number of rotatable bonds is 13. The van der Waals surface area contributed by atoms with Crippen molar-refractivity contribution >= 4 is 11.7 Å². The highest BCUT2D eigenvalue weighted by atomic mass is 16.6. The Balaban J connectivity index is 2.10. The maximum atomic E-state index is 11.7. The van der Waals surface area contributed by atoms with Gasteiger partial charge in [-0.15, -0.1) is 0 Å². The molecule has 0 amide bonds. The third-order valence-electron chi connectivity index (χ3n) is 4.06. The number of carbonyl (C=O) groups is 1. The summed E-state index contributed by atoms with van der Waals surface area (Å²) in [6, 6.07) is 6.34. The molecule has 0 atom stereocenters. The number of carbonyl (C=O) groups excluding carboxylic acids is 1. The van der Waals surface area contributed by atoms with Crippen molar-refractivity contribution in [1.29, 1.82) is 0 Å². The van der Waals surface area contributed by atoms with Gasteiger partial charge in [0.15, 0.2) is 0 Å². The minimum absolute atomic E-state index is 0.00614. The minimum Gasteiger partial charge on any atom is -0.461 e. The molecule has 5 heteroatoms. The smallest absolute Gasteiger partial charge is 0.306 e. The van der Waals surface area contributed by atoms with Gasteiger partial charge in [0, 0.05) is 12.5 Å². The summed E-state index contributed by atoms with van der Waals surface area (Å²) in [5, 5.41) is 10.9. The molecular formula is C19H29NO4. The predicted molar refractivity (Wildman–Crippen MR) is 94.7 cm³/mol. The Morgan fingerprint density at radius 3 is 2.21 bits per heavy atom. The topological polar surface area (TPSA) is 69.4 Å². The van der Waals surface area contributed by atoms with E-state index in [-0.39, 0.29) is 18.3 Å². The number of nitro benzene ring substituents is 1. The SMILES string of the molecule is CCCCCCCCCCCC(=O)OCc1ccccc1[N+](=O)[O-]. The van der Waals surface area contributed by atoms with E-state index in [1.54, 1.807) is 18.2 Å². The molecule has 0 bridgehead atoms. The second-order valence-corrected chi connectivity index (χ2v) is 6.12. The standard InChI is InChI=1S/C19H29NO4/c1-2-3-4-5-6-7-8-9-10-15-19(21)24-16-17-13-11-12-14-18(17)20(22)23/h11-14H,2-10,15-16H2,1H3. The highest BCUT2D eigenvalue weighted by Gasteiger charge is 2.13. The molecule has 0 aliphatic rings. The van der Waals surface area contributed by atoms with Crippen LogP contribution < -0.4 is 0 Å². The van der Waals surface area contributed by atoms with Gasteiger partial charge in [-0.3, -0.25) is 14.9 Å². The van der Waals surface area contributed by atoms with Gasteiger partial charge in [-0.25, -0.2) is 0 Å². The summed E-state index contributed by atoms with van der Waals surface area (Å²) < 4.78 is 5.15. The summed E-state index contributed by atoms with van der Waals surface area (Å²) in [5.41, 5.74) is 0.427. The van der Waals surface area contributed by atoms with E-state index >= 15 is 0 Å². The predicted octanol–water partition coefficient (Wildman–Crippen LogP) is 5.56. The van der Waals surface area contributed by atoms with Crippen molar-refractivity contribution in [1.82, 2.24) is 0 Å². The zero-order valence-electron chi connectivity index (χ0n) is 14.7. The van der Waals surface area contributed by atoms with Crippen LogP contribution in [0.4, 0.5) is 5.69 Å². The Labute approximate surface area is 144 Å². The van der Waals surface area contributed by atoms with E-state index in [0.29, 0.717) is 12.0 Å². The quantitative estimate of drug-likeness (QED) is 0.205. The number of hydrogen-bond acceptors (Lipinski definition) is 4. The molecule has 0 unspecified atom stereocenters. The van der Waals surface area contributed by atoms with E-state index in [1.807, 2.05) is 0 Å². The Hall–Kier alpha value is -1.91. The number of hydrogen-bond donors (Lipinski definition) is 0. The van der Waals surface area contributed by atoms with Crippen LogP contribution in [-0.2, 0) is 16.1 Å². The monoisotopic (exact) mass is 335 g/mol. The highest BCUT2D eigenvalue weighted by Crippen LogP contribution is 2.19. The highest BCUT2D eigenvalue weighted by molar-refractivity contribution is 5.69. The fourth-order valence-electron chi connectivity index (χ4n) is 2.62.